The second kappa shape index (κ2) is 9.91. The van der Waals surface area contributed by atoms with Gasteiger partial charge in [-0.2, -0.15) is 0 Å². The SMILES string of the molecule is O=C(CSc1nnc(-c2ccc(Cl)cc2)o1)NCCNC(=O)c1ccccc1. The van der Waals surface area contributed by atoms with Crippen LogP contribution in [0.4, 0.5) is 0 Å². The van der Waals surface area contributed by atoms with Crippen LogP contribution in [-0.2, 0) is 4.79 Å². The Morgan fingerprint density at radius 3 is 2.43 bits per heavy atom. The predicted octanol–water partition coefficient (Wildman–Crippen LogP) is 3.03. The highest BCUT2D eigenvalue weighted by atomic mass is 35.5. The van der Waals surface area contributed by atoms with Crippen LogP contribution < -0.4 is 10.6 Å². The van der Waals surface area contributed by atoms with E-state index in [-0.39, 0.29) is 17.6 Å². The molecule has 7 nitrogen and oxygen atoms in total. The average Bonchev–Trinajstić information content (AvgIpc) is 3.20. The summed E-state index contributed by atoms with van der Waals surface area (Å²) in [5.41, 5.74) is 1.33. The number of rotatable bonds is 8. The number of nitrogens with zero attached hydrogens (tertiary/aromatic N) is 2. The first-order valence-electron chi connectivity index (χ1n) is 8.44. The molecule has 144 valence electrons. The maximum Gasteiger partial charge on any atom is 0.277 e. The van der Waals surface area contributed by atoms with Crippen LogP contribution in [-0.4, -0.2) is 40.9 Å². The van der Waals surface area contributed by atoms with Gasteiger partial charge < -0.3 is 15.1 Å². The fourth-order valence-corrected chi connectivity index (χ4v) is 2.94. The number of hydrogen-bond acceptors (Lipinski definition) is 6. The number of nitrogens with one attached hydrogen (secondary N) is 2. The molecule has 0 spiro atoms. The van der Waals surface area contributed by atoms with Crippen LogP contribution in [0, 0.1) is 0 Å². The van der Waals surface area contributed by atoms with Crippen molar-refractivity contribution < 1.29 is 14.0 Å². The van der Waals surface area contributed by atoms with E-state index in [0.29, 0.717) is 34.8 Å². The molecule has 0 fully saturated rings. The van der Waals surface area contributed by atoms with Gasteiger partial charge in [0.1, 0.15) is 0 Å². The molecule has 9 heteroatoms. The van der Waals surface area contributed by atoms with Gasteiger partial charge in [-0.05, 0) is 36.4 Å². The molecule has 1 aromatic heterocycles. The lowest BCUT2D eigenvalue weighted by Crippen LogP contribution is -2.35. The van der Waals surface area contributed by atoms with E-state index in [4.69, 9.17) is 16.0 Å². The molecule has 0 saturated heterocycles. The molecule has 3 rings (SSSR count). The third-order valence-electron chi connectivity index (χ3n) is 3.59. The number of hydrogen-bond donors (Lipinski definition) is 2. The molecule has 0 saturated carbocycles. The lowest BCUT2D eigenvalue weighted by Gasteiger charge is -2.06. The van der Waals surface area contributed by atoms with Crippen LogP contribution >= 0.6 is 23.4 Å². The molecular formula is C19H17ClN4O3S. The van der Waals surface area contributed by atoms with E-state index in [9.17, 15) is 9.59 Å². The standard InChI is InChI=1S/C19H17ClN4O3S/c20-15-8-6-14(7-9-15)18-23-24-19(27-18)28-12-16(25)21-10-11-22-17(26)13-4-2-1-3-5-13/h1-9H,10-12H2,(H,21,25)(H,22,26). The van der Waals surface area contributed by atoms with Crippen molar-refractivity contribution in [1.82, 2.24) is 20.8 Å². The first-order valence-corrected chi connectivity index (χ1v) is 9.80. The molecule has 0 atom stereocenters. The molecule has 2 amide bonds. The number of aromatic nitrogens is 2. The Hall–Kier alpha value is -2.84. The maximum absolute atomic E-state index is 11.9. The van der Waals surface area contributed by atoms with Gasteiger partial charge in [-0.1, -0.05) is 41.6 Å². The fraction of sp³-hybridized carbons (Fsp3) is 0.158. The van der Waals surface area contributed by atoms with E-state index in [1.807, 2.05) is 6.07 Å². The third-order valence-corrected chi connectivity index (χ3v) is 4.66. The fourth-order valence-electron chi connectivity index (χ4n) is 2.23. The number of amides is 2. The number of halogens is 1. The van der Waals surface area contributed by atoms with Crippen LogP contribution in [0.5, 0.6) is 0 Å². The molecule has 28 heavy (non-hydrogen) atoms. The zero-order valence-corrected chi connectivity index (χ0v) is 16.3. The Balaban J connectivity index is 1.37. The first-order chi connectivity index (χ1) is 13.6. The molecule has 3 aromatic rings. The summed E-state index contributed by atoms with van der Waals surface area (Å²) in [6.07, 6.45) is 0. The van der Waals surface area contributed by atoms with Crippen molar-refractivity contribution in [1.29, 1.82) is 0 Å². The summed E-state index contributed by atoms with van der Waals surface area (Å²) in [6, 6.07) is 15.9. The van der Waals surface area contributed by atoms with Gasteiger partial charge in [-0.15, -0.1) is 10.2 Å². The molecule has 2 aromatic carbocycles. The van der Waals surface area contributed by atoms with Crippen LogP contribution in [0.1, 0.15) is 10.4 Å². The Morgan fingerprint density at radius 2 is 1.68 bits per heavy atom. The monoisotopic (exact) mass is 416 g/mol. The quantitative estimate of drug-likeness (QED) is 0.432. The second-order valence-electron chi connectivity index (χ2n) is 5.64. The van der Waals surface area contributed by atoms with Crippen molar-refractivity contribution in [2.75, 3.05) is 18.8 Å². The summed E-state index contributed by atoms with van der Waals surface area (Å²) in [7, 11) is 0. The van der Waals surface area contributed by atoms with Crippen LogP contribution in [0.2, 0.25) is 5.02 Å². The highest BCUT2D eigenvalue weighted by molar-refractivity contribution is 7.99. The van der Waals surface area contributed by atoms with Crippen molar-refractivity contribution in [2.24, 2.45) is 0 Å². The molecule has 1 heterocycles. The van der Waals surface area contributed by atoms with E-state index in [0.717, 1.165) is 17.3 Å². The molecule has 0 radical (unpaired) electrons. The Morgan fingerprint density at radius 1 is 0.964 bits per heavy atom. The zero-order chi connectivity index (χ0) is 19.8. The Bertz CT molecular complexity index is 932. The van der Waals surface area contributed by atoms with E-state index < -0.39 is 0 Å². The van der Waals surface area contributed by atoms with Gasteiger partial charge >= 0.3 is 0 Å². The van der Waals surface area contributed by atoms with E-state index >= 15 is 0 Å². The third kappa shape index (κ3) is 5.83. The van der Waals surface area contributed by atoms with Gasteiger partial charge in [0.05, 0.1) is 5.75 Å². The minimum atomic E-state index is -0.190. The van der Waals surface area contributed by atoms with Crippen molar-refractivity contribution in [3.63, 3.8) is 0 Å². The smallest absolute Gasteiger partial charge is 0.277 e. The second-order valence-corrected chi connectivity index (χ2v) is 7.00. The van der Waals surface area contributed by atoms with Crippen LogP contribution in [0.25, 0.3) is 11.5 Å². The molecule has 2 N–H and O–H groups in total. The maximum atomic E-state index is 11.9. The number of carbonyl (C=O) groups excluding carboxylic acids is 2. The summed E-state index contributed by atoms with van der Waals surface area (Å²) in [5, 5.41) is 14.3. The van der Waals surface area contributed by atoms with Gasteiger partial charge in [0.15, 0.2) is 0 Å². The van der Waals surface area contributed by atoms with Crippen molar-refractivity contribution in [3.8, 4) is 11.5 Å². The minimum Gasteiger partial charge on any atom is -0.411 e. The molecule has 0 aliphatic heterocycles. The largest absolute Gasteiger partial charge is 0.411 e. The van der Waals surface area contributed by atoms with E-state index in [1.54, 1.807) is 48.5 Å². The normalized spacial score (nSPS) is 10.5. The van der Waals surface area contributed by atoms with Gasteiger partial charge in [0.25, 0.3) is 11.1 Å². The highest BCUT2D eigenvalue weighted by Gasteiger charge is 2.11. The summed E-state index contributed by atoms with van der Waals surface area (Å²) >= 11 is 6.99. The highest BCUT2D eigenvalue weighted by Crippen LogP contribution is 2.24. The summed E-state index contributed by atoms with van der Waals surface area (Å²) in [5.74, 6) is 0.132. The zero-order valence-electron chi connectivity index (χ0n) is 14.7. The average molecular weight is 417 g/mol. The number of carbonyl (C=O) groups is 2. The number of thioether (sulfide) groups is 1. The van der Waals surface area contributed by atoms with E-state index in [2.05, 4.69) is 20.8 Å². The van der Waals surface area contributed by atoms with E-state index in [1.165, 1.54) is 0 Å². The molecule has 0 bridgehead atoms. The van der Waals surface area contributed by atoms with Crippen molar-refractivity contribution in [2.45, 2.75) is 5.22 Å². The Kier molecular flexibility index (Phi) is 7.05. The minimum absolute atomic E-state index is 0.134. The summed E-state index contributed by atoms with van der Waals surface area (Å²) < 4.78 is 5.53. The lowest BCUT2D eigenvalue weighted by molar-refractivity contribution is -0.118. The van der Waals surface area contributed by atoms with Gasteiger partial charge in [-0.3, -0.25) is 9.59 Å². The van der Waals surface area contributed by atoms with Crippen LogP contribution in [0.3, 0.4) is 0 Å². The Labute approximate surface area is 170 Å². The van der Waals surface area contributed by atoms with Gasteiger partial charge in [-0.25, -0.2) is 0 Å². The summed E-state index contributed by atoms with van der Waals surface area (Å²) in [6.45, 7) is 0.670. The molecule has 0 aliphatic carbocycles. The first kappa shape index (κ1) is 19.9. The predicted molar refractivity (Wildman–Crippen MR) is 107 cm³/mol. The van der Waals surface area contributed by atoms with Crippen molar-refractivity contribution in [3.05, 3.63) is 65.2 Å². The molecular weight excluding hydrogens is 400 g/mol. The summed E-state index contributed by atoms with van der Waals surface area (Å²) in [4.78, 5) is 23.8. The number of benzene rings is 2. The van der Waals surface area contributed by atoms with Crippen LogP contribution in [0.15, 0.2) is 64.2 Å². The molecule has 0 aliphatic rings. The van der Waals surface area contributed by atoms with Gasteiger partial charge in [0, 0.05) is 29.2 Å². The topological polar surface area (TPSA) is 97.1 Å². The van der Waals surface area contributed by atoms with Gasteiger partial charge in [0.2, 0.25) is 11.8 Å². The lowest BCUT2D eigenvalue weighted by atomic mass is 10.2. The molecule has 0 unspecified atom stereocenters. The van der Waals surface area contributed by atoms with Crippen molar-refractivity contribution >= 4 is 35.2 Å².